The number of hydrogen-bond donors (Lipinski definition) is 18. The number of halogens is 6. The van der Waals surface area contributed by atoms with Gasteiger partial charge in [0.15, 0.2) is 18.7 Å². The highest BCUT2D eigenvalue weighted by atomic mass is 31.3. The molecule has 564 valence electrons. The van der Waals surface area contributed by atoms with Gasteiger partial charge in [0.05, 0.1) is 12.3 Å². The summed E-state index contributed by atoms with van der Waals surface area (Å²) in [6.45, 7) is 2.01. The Morgan fingerprint density at radius 2 is 0.969 bits per heavy atom. The van der Waals surface area contributed by atoms with Crippen molar-refractivity contribution in [2.24, 2.45) is 5.10 Å². The zero-order valence-corrected chi connectivity index (χ0v) is 56.8. The summed E-state index contributed by atoms with van der Waals surface area (Å²) in [6.07, 6.45) is -20.1. The van der Waals surface area contributed by atoms with Crippen molar-refractivity contribution in [3.8, 4) is 0 Å². The fourth-order valence-corrected chi connectivity index (χ4v) is 18.3. The highest BCUT2D eigenvalue weighted by Crippen LogP contribution is 2.70. The maximum Gasteiger partial charge on any atom is 0.490 e. The van der Waals surface area contributed by atoms with Crippen molar-refractivity contribution in [2.45, 2.75) is 124 Å². The Balaban J connectivity index is 0.000000312. The number of anilines is 1. The van der Waals surface area contributed by atoms with Crippen molar-refractivity contribution in [3.63, 3.8) is 0 Å². The number of aliphatic hydroxyl groups is 3. The number of nitrogen functional groups attached to an aromatic ring is 1. The van der Waals surface area contributed by atoms with E-state index < -0.39 is 203 Å². The Morgan fingerprint density at radius 3 is 1.36 bits per heavy atom. The first kappa shape index (κ1) is 86.9. The third kappa shape index (κ3) is 22.5. The number of ether oxygens (including phenoxy) is 3. The molecule has 3 saturated heterocycles. The molecule has 9 unspecified atom stereocenters. The number of aromatic amines is 1. The average Bonchev–Trinajstić information content (AvgIpc) is 1.60. The van der Waals surface area contributed by atoms with Crippen molar-refractivity contribution >= 4 is 88.3 Å². The first-order chi connectivity index (χ1) is 43.9. The van der Waals surface area contributed by atoms with E-state index in [9.17, 15) is 113 Å². The summed E-state index contributed by atoms with van der Waals surface area (Å²) in [6, 6.07) is 0. The number of H-pyrrole nitrogens is 1. The smallest absolute Gasteiger partial charge is 0.387 e. The zero-order valence-electron chi connectivity index (χ0n) is 48.7. The van der Waals surface area contributed by atoms with E-state index in [1.165, 1.54) is 0 Å². The van der Waals surface area contributed by atoms with Gasteiger partial charge in [-0.05, 0) is 34.6 Å². The molecule has 4 aliphatic heterocycles. The molecule has 19 N–H and O–H groups in total. The summed E-state index contributed by atoms with van der Waals surface area (Å²) >= 11 is 0. The van der Waals surface area contributed by atoms with E-state index in [0.29, 0.717) is 17.4 Å². The molecule has 6 heterocycles. The summed E-state index contributed by atoms with van der Waals surface area (Å²) in [5.74, 6) is -1.48. The lowest BCUT2D eigenvalue weighted by Gasteiger charge is -2.34. The summed E-state index contributed by atoms with van der Waals surface area (Å²) < 4.78 is 240. The van der Waals surface area contributed by atoms with Gasteiger partial charge >= 0.3 is 81.8 Å². The molecule has 0 saturated carbocycles. The first-order valence-corrected chi connectivity index (χ1v) is 38.4. The predicted octanol–water partition coefficient (Wildman–Crippen LogP) is -2.36. The number of amides is 1. The number of nitrogens with two attached hydrogens (primary N) is 1. The molecule has 98 heavy (non-hydrogen) atoms. The van der Waals surface area contributed by atoms with Crippen molar-refractivity contribution in [1.82, 2.24) is 39.9 Å². The molecule has 4 aliphatic rings. The first-order valence-electron chi connectivity index (χ1n) is 24.9. The van der Waals surface area contributed by atoms with E-state index >= 15 is 13.2 Å². The highest BCUT2D eigenvalue weighted by Gasteiger charge is 2.67. The summed E-state index contributed by atoms with van der Waals surface area (Å²) in [7, 11) is -51.8. The Labute approximate surface area is 538 Å². The molecule has 50 nitrogen and oxygen atoms in total. The topological polar surface area (TPSA) is 754 Å². The molecule has 0 aromatic carbocycles. The van der Waals surface area contributed by atoms with E-state index in [2.05, 4.69) is 71.6 Å². The van der Waals surface area contributed by atoms with Crippen molar-refractivity contribution in [3.05, 3.63) is 56.1 Å². The van der Waals surface area contributed by atoms with Crippen LogP contribution < -0.4 is 28.0 Å². The second-order valence-corrected chi connectivity index (χ2v) is 33.6. The molecule has 2 aromatic rings. The van der Waals surface area contributed by atoms with E-state index in [1.54, 1.807) is 4.98 Å². The largest absolute Gasteiger partial charge is 0.490 e. The van der Waals surface area contributed by atoms with Crippen LogP contribution in [0.4, 0.5) is 32.2 Å². The van der Waals surface area contributed by atoms with Gasteiger partial charge in [-0.25, -0.2) is 82.0 Å². The van der Waals surface area contributed by atoms with E-state index in [1.807, 2.05) is 0 Å². The number of nitrogens with one attached hydrogen (secondary N) is 2. The number of hydrazone groups is 1. The lowest BCUT2D eigenvalue weighted by molar-refractivity contribution is -0.139. The average molecular weight is 1620 g/mol. The molecule has 3 fully saturated rings. The van der Waals surface area contributed by atoms with Crippen molar-refractivity contribution in [2.75, 3.05) is 25.8 Å². The lowest BCUT2D eigenvalue weighted by Crippen LogP contribution is -2.55. The van der Waals surface area contributed by atoms with Crippen LogP contribution in [0.5, 0.6) is 0 Å². The predicted molar refractivity (Wildman–Crippen MR) is 294 cm³/mol. The van der Waals surface area contributed by atoms with Gasteiger partial charge in [0, 0.05) is 0 Å². The van der Waals surface area contributed by atoms with Gasteiger partial charge in [-0.2, -0.15) is 55.5 Å². The summed E-state index contributed by atoms with van der Waals surface area (Å²) in [5, 5.41) is 43.9. The number of nitrogens with zero attached hydrogens (tertiary/aromatic N) is 7. The number of alkyl halides is 6. The number of rotatable bonds is 27. The van der Waals surface area contributed by atoms with Crippen LogP contribution in [-0.2, 0) is 99.5 Å². The molecule has 0 aliphatic carbocycles. The van der Waals surface area contributed by atoms with Gasteiger partial charge in [-0.15, -0.1) is 0 Å². The second kappa shape index (κ2) is 30.7. The summed E-state index contributed by atoms with van der Waals surface area (Å²) in [4.78, 5) is 159. The fourth-order valence-electron chi connectivity index (χ4n) is 8.41. The number of phosphoric acid groups is 9. The van der Waals surface area contributed by atoms with Gasteiger partial charge in [-0.1, -0.05) is 6.58 Å². The maximum absolute atomic E-state index is 15.4. The minimum atomic E-state index is -5.89. The third-order valence-corrected chi connectivity index (χ3v) is 24.1. The molecule has 1 amide bonds. The van der Waals surface area contributed by atoms with Gasteiger partial charge in [-0.3, -0.25) is 28.1 Å². The van der Waals surface area contributed by atoms with Gasteiger partial charge in [0.25, 0.3) is 11.5 Å². The SMILES string of the molecule is C=C1NC(=O)C=NN1[C@@H]1O[C@H](C(C)(C)OP(=O)(O)OP(=O)(O)OP(=O)(O)O)[C@H](O)C1(F)CF.CC(C)(OP(=O)(O)OP(=O)(O)OP(=O)(O)O)[C@H]1O[C@@H](n2ncc(N)nc2=O)C(F)(CF)[C@H]1O.C[C@@H](OP(=O)(O)OP(=O)(O)OP(=O)(O)O)[C@H]1O[C@@H](n2ncc(=O)[nH]c2=O)C(F)(CF)[C@H]1O. The van der Waals surface area contributed by atoms with Gasteiger partial charge < -0.3 is 99.3 Å². The molecular formula is C33H55F6N10O40P9. The van der Waals surface area contributed by atoms with Crippen LogP contribution in [0.2, 0.25) is 0 Å². The number of hydrogen-bond acceptors (Lipinski definition) is 34. The normalized spacial score (nSPS) is 31.2. The molecule has 19 atom stereocenters. The number of carbonyl (C=O) groups is 1. The van der Waals surface area contributed by atoms with Crippen LogP contribution in [0, 0.1) is 0 Å². The van der Waals surface area contributed by atoms with Crippen LogP contribution in [0.3, 0.4) is 0 Å². The third-order valence-electron chi connectivity index (χ3n) is 12.1. The van der Waals surface area contributed by atoms with Crippen LogP contribution in [0.25, 0.3) is 0 Å². The standard InChI is InChI=1S/C12H20F2N3O13P3.C11H19F2N4O13P3.C10H16F2N3O14P3/c1-6-16-7(18)4-15-17(6)10-12(14,5-13)8(19)9(27-10)11(2,3)28-32(23,24)30-33(25,26)29-31(20,21)22;1-10(2,28-32(23,24)30-33(25,26)29-31(20,21)22)7-6(18)11(13,4-12)8(27-7)17-9(19)16-5(14)3-15-17;1-4(27-31(22,23)29-32(24,25)28-30(19,20)21)6-7(17)10(12,3-11)8(26-6)15-9(18)14-5(16)2-13-15/h4,8-10,19H,1,5H2,2-3H3,(H,16,18)(H,23,24)(H,25,26)(H2,20,21,22);3,6-8,18H,4H2,1-2H3,(H,23,24)(H,25,26)(H2,14,16,19)(H2,20,21,22);2,4,6-8,17H,3H2,1H3,(H,22,23)(H,24,25)(H,14,16,18)(H2,19,20,21)/t8-,9-,10+,12?;6-,7-,8+,11?;4-,6-,7+,8-,10?/m001/s1. The van der Waals surface area contributed by atoms with Gasteiger partial charge in [0.2, 0.25) is 17.0 Å². The zero-order chi connectivity index (χ0) is 75.9. The Bertz CT molecular complexity index is 3980. The van der Waals surface area contributed by atoms with Crippen molar-refractivity contribution in [1.29, 1.82) is 0 Å². The van der Waals surface area contributed by atoms with Gasteiger partial charge in [0.1, 0.15) is 91.9 Å². The van der Waals surface area contributed by atoms with E-state index in [0.717, 1.165) is 40.8 Å². The summed E-state index contributed by atoms with van der Waals surface area (Å²) in [5.41, 5.74) is -13.0. The Kier molecular flexibility index (Phi) is 27.2. The fraction of sp³-hybridized carbons (Fsp3) is 0.697. The Morgan fingerprint density at radius 1 is 0.592 bits per heavy atom. The van der Waals surface area contributed by atoms with Crippen LogP contribution in [-0.4, -0.2) is 218 Å². The van der Waals surface area contributed by atoms with E-state index in [4.69, 9.17) is 54.2 Å². The monoisotopic (exact) mass is 1620 g/mol. The molecule has 0 radical (unpaired) electrons. The molecule has 2 aromatic heterocycles. The molecular weight excluding hydrogens is 1570 g/mol. The number of carbonyl (C=O) groups excluding carboxylic acids is 1. The number of aromatic nitrogens is 6. The highest BCUT2D eigenvalue weighted by molar-refractivity contribution is 7.68. The quantitative estimate of drug-likeness (QED) is 0.0329. The van der Waals surface area contributed by atoms with E-state index in [-0.39, 0.29) is 21.0 Å². The lowest BCUT2D eigenvalue weighted by atomic mass is 9.89. The molecule has 0 bridgehead atoms. The van der Waals surface area contributed by atoms with Crippen LogP contribution in [0.1, 0.15) is 47.1 Å². The van der Waals surface area contributed by atoms with Crippen LogP contribution in [0.15, 0.2) is 44.3 Å². The molecule has 65 heteroatoms. The van der Waals surface area contributed by atoms with Crippen molar-refractivity contribution < 1.29 is 200 Å². The Hall–Kier alpha value is -3.53. The minimum Gasteiger partial charge on any atom is -0.387 e. The minimum absolute atomic E-state index is 0.141. The van der Waals surface area contributed by atoms with Crippen LogP contribution >= 0.6 is 70.4 Å². The second-order valence-electron chi connectivity index (χ2n) is 20.6. The number of phosphoric ester groups is 3. The molecule has 0 spiro atoms. The maximum atomic E-state index is 15.4. The number of aliphatic hydroxyl groups excluding tert-OH is 3. The molecule has 6 rings (SSSR count).